The van der Waals surface area contributed by atoms with Gasteiger partial charge in [-0.2, -0.15) is 0 Å². The number of amides is 1. The van der Waals surface area contributed by atoms with Crippen LogP contribution in [0.2, 0.25) is 0 Å². The van der Waals surface area contributed by atoms with Crippen molar-refractivity contribution >= 4 is 17.5 Å². The van der Waals surface area contributed by atoms with E-state index >= 15 is 0 Å². The summed E-state index contributed by atoms with van der Waals surface area (Å²) in [6.45, 7) is 3.76. The number of carbonyl (C=O) groups excluding carboxylic acids is 1. The molecule has 0 aromatic carbocycles. The van der Waals surface area contributed by atoms with Crippen molar-refractivity contribution in [2.24, 2.45) is 5.92 Å². The van der Waals surface area contributed by atoms with Crippen molar-refractivity contribution in [3.05, 3.63) is 0 Å². The molecule has 0 radical (unpaired) electrons. The van der Waals surface area contributed by atoms with E-state index in [1.807, 2.05) is 11.8 Å². The number of nitrogens with zero attached hydrogens (tertiary/aromatic N) is 1. The van der Waals surface area contributed by atoms with E-state index in [1.54, 1.807) is 0 Å². The van der Waals surface area contributed by atoms with Gasteiger partial charge in [0.1, 0.15) is 0 Å². The number of alkyl halides is 1. The van der Waals surface area contributed by atoms with Crippen LogP contribution in [0.15, 0.2) is 0 Å². The first-order valence-corrected chi connectivity index (χ1v) is 4.64. The molecule has 3 heteroatoms. The summed E-state index contributed by atoms with van der Waals surface area (Å²) >= 11 is 5.53. The van der Waals surface area contributed by atoms with E-state index < -0.39 is 0 Å². The summed E-state index contributed by atoms with van der Waals surface area (Å²) < 4.78 is 0. The number of hydrogen-bond donors (Lipinski definition) is 0. The molecular weight excluding hydrogens is 162 g/mol. The van der Waals surface area contributed by atoms with Crippen molar-refractivity contribution in [3.8, 4) is 0 Å². The number of rotatable bonds is 3. The Balaban J connectivity index is 2.30. The maximum Gasteiger partial charge on any atom is 0.225 e. The van der Waals surface area contributed by atoms with Crippen LogP contribution in [-0.4, -0.2) is 29.8 Å². The third kappa shape index (κ3) is 2.09. The molecule has 0 N–H and O–H groups in total. The Hall–Kier alpha value is -0.240. The van der Waals surface area contributed by atoms with Crippen LogP contribution in [0.4, 0.5) is 0 Å². The summed E-state index contributed by atoms with van der Waals surface area (Å²) in [5, 5.41) is 0. The lowest BCUT2D eigenvalue weighted by molar-refractivity contribution is -0.130. The molecule has 0 saturated carbocycles. The van der Waals surface area contributed by atoms with Gasteiger partial charge < -0.3 is 4.90 Å². The van der Waals surface area contributed by atoms with E-state index in [9.17, 15) is 4.79 Å². The largest absolute Gasteiger partial charge is 0.342 e. The van der Waals surface area contributed by atoms with Gasteiger partial charge in [0, 0.05) is 24.9 Å². The van der Waals surface area contributed by atoms with Crippen molar-refractivity contribution in [1.82, 2.24) is 4.90 Å². The lowest BCUT2D eigenvalue weighted by atomic mass is 10.1. The molecule has 1 unspecified atom stereocenters. The maximum absolute atomic E-state index is 11.3. The van der Waals surface area contributed by atoms with Gasteiger partial charge in [-0.15, -0.1) is 11.6 Å². The SMILES string of the molecule is CC1CCN(CCCCl)C1=O. The van der Waals surface area contributed by atoms with Crippen molar-refractivity contribution in [1.29, 1.82) is 0 Å². The minimum atomic E-state index is 0.241. The average molecular weight is 176 g/mol. The molecule has 0 spiro atoms. The van der Waals surface area contributed by atoms with Crippen LogP contribution in [-0.2, 0) is 4.79 Å². The first-order valence-electron chi connectivity index (χ1n) is 4.10. The molecule has 1 aliphatic heterocycles. The van der Waals surface area contributed by atoms with Gasteiger partial charge in [0.05, 0.1) is 0 Å². The highest BCUT2D eigenvalue weighted by atomic mass is 35.5. The second kappa shape index (κ2) is 3.96. The Morgan fingerprint density at radius 1 is 1.73 bits per heavy atom. The van der Waals surface area contributed by atoms with Crippen LogP contribution < -0.4 is 0 Å². The highest BCUT2D eigenvalue weighted by Gasteiger charge is 2.26. The van der Waals surface area contributed by atoms with Crippen LogP contribution in [0.25, 0.3) is 0 Å². The quantitative estimate of drug-likeness (QED) is 0.596. The smallest absolute Gasteiger partial charge is 0.225 e. The number of carbonyl (C=O) groups is 1. The first-order chi connectivity index (χ1) is 5.25. The molecule has 1 fully saturated rings. The Bertz CT molecular complexity index is 149. The molecule has 1 saturated heterocycles. The Kier molecular flexibility index (Phi) is 3.18. The fourth-order valence-electron chi connectivity index (χ4n) is 1.37. The molecule has 0 aromatic heterocycles. The first kappa shape index (κ1) is 8.85. The van der Waals surface area contributed by atoms with Crippen molar-refractivity contribution in [2.75, 3.05) is 19.0 Å². The molecule has 11 heavy (non-hydrogen) atoms. The van der Waals surface area contributed by atoms with Gasteiger partial charge in [0.25, 0.3) is 0 Å². The van der Waals surface area contributed by atoms with Crippen LogP contribution >= 0.6 is 11.6 Å². The number of hydrogen-bond acceptors (Lipinski definition) is 1. The predicted octanol–water partition coefficient (Wildman–Crippen LogP) is 1.48. The fourth-order valence-corrected chi connectivity index (χ4v) is 1.49. The Morgan fingerprint density at radius 2 is 2.45 bits per heavy atom. The molecule has 1 rings (SSSR count). The molecule has 1 aliphatic rings. The standard InChI is InChI=1S/C8H14ClNO/c1-7-3-6-10(8(7)11)5-2-4-9/h7H,2-6H2,1H3. The van der Waals surface area contributed by atoms with E-state index in [1.165, 1.54) is 0 Å². The molecule has 0 aromatic rings. The molecule has 0 aliphatic carbocycles. The lowest BCUT2D eigenvalue weighted by Gasteiger charge is -2.14. The van der Waals surface area contributed by atoms with Crippen molar-refractivity contribution in [3.63, 3.8) is 0 Å². The van der Waals surface area contributed by atoms with E-state index in [4.69, 9.17) is 11.6 Å². The molecule has 2 nitrogen and oxygen atoms in total. The van der Waals surface area contributed by atoms with Gasteiger partial charge in [-0.1, -0.05) is 6.92 Å². The molecule has 64 valence electrons. The van der Waals surface area contributed by atoms with E-state index in [0.29, 0.717) is 11.8 Å². The lowest BCUT2D eigenvalue weighted by Crippen LogP contribution is -2.27. The molecular formula is C8H14ClNO. The molecule has 1 amide bonds. The fraction of sp³-hybridized carbons (Fsp3) is 0.875. The molecule has 1 atom stereocenters. The summed E-state index contributed by atoms with van der Waals surface area (Å²) in [5.74, 6) is 1.19. The van der Waals surface area contributed by atoms with Crippen molar-refractivity contribution < 1.29 is 4.79 Å². The van der Waals surface area contributed by atoms with Crippen LogP contribution in [0.1, 0.15) is 19.8 Å². The van der Waals surface area contributed by atoms with Gasteiger partial charge in [0.2, 0.25) is 5.91 Å². The monoisotopic (exact) mass is 175 g/mol. The average Bonchev–Trinajstić information content (AvgIpc) is 2.31. The summed E-state index contributed by atoms with van der Waals surface area (Å²) in [5.41, 5.74) is 0. The van der Waals surface area contributed by atoms with Crippen molar-refractivity contribution in [2.45, 2.75) is 19.8 Å². The van der Waals surface area contributed by atoms with Crippen LogP contribution in [0.3, 0.4) is 0 Å². The minimum absolute atomic E-state index is 0.241. The number of halogens is 1. The predicted molar refractivity (Wildman–Crippen MR) is 45.7 cm³/mol. The Morgan fingerprint density at radius 3 is 2.91 bits per heavy atom. The topological polar surface area (TPSA) is 20.3 Å². The van der Waals surface area contributed by atoms with Gasteiger partial charge in [-0.3, -0.25) is 4.79 Å². The van der Waals surface area contributed by atoms with E-state index in [2.05, 4.69) is 0 Å². The second-order valence-electron chi connectivity index (χ2n) is 3.06. The summed E-state index contributed by atoms with van der Waals surface area (Å²) in [4.78, 5) is 13.2. The summed E-state index contributed by atoms with van der Waals surface area (Å²) in [6, 6.07) is 0. The summed E-state index contributed by atoms with van der Waals surface area (Å²) in [7, 11) is 0. The highest BCUT2D eigenvalue weighted by Crippen LogP contribution is 2.16. The zero-order valence-electron chi connectivity index (χ0n) is 6.85. The van der Waals surface area contributed by atoms with Gasteiger partial charge in [0.15, 0.2) is 0 Å². The van der Waals surface area contributed by atoms with Crippen LogP contribution in [0.5, 0.6) is 0 Å². The summed E-state index contributed by atoms with van der Waals surface area (Å²) in [6.07, 6.45) is 1.93. The third-order valence-electron chi connectivity index (χ3n) is 2.13. The minimum Gasteiger partial charge on any atom is -0.342 e. The third-order valence-corrected chi connectivity index (χ3v) is 2.39. The second-order valence-corrected chi connectivity index (χ2v) is 3.44. The van der Waals surface area contributed by atoms with Crippen LogP contribution in [0, 0.1) is 5.92 Å². The zero-order valence-corrected chi connectivity index (χ0v) is 7.60. The normalized spacial score (nSPS) is 24.7. The van der Waals surface area contributed by atoms with Gasteiger partial charge >= 0.3 is 0 Å². The van der Waals surface area contributed by atoms with E-state index in [0.717, 1.165) is 25.9 Å². The van der Waals surface area contributed by atoms with Gasteiger partial charge in [-0.25, -0.2) is 0 Å². The number of likely N-dealkylation sites (tertiary alicyclic amines) is 1. The zero-order chi connectivity index (χ0) is 8.27. The van der Waals surface area contributed by atoms with E-state index in [-0.39, 0.29) is 5.92 Å². The highest BCUT2D eigenvalue weighted by molar-refractivity contribution is 6.17. The Labute approximate surface area is 72.5 Å². The molecule has 0 bridgehead atoms. The molecule has 1 heterocycles. The maximum atomic E-state index is 11.3. The van der Waals surface area contributed by atoms with Gasteiger partial charge in [-0.05, 0) is 12.8 Å².